The summed E-state index contributed by atoms with van der Waals surface area (Å²) in [5, 5.41) is 0. The minimum absolute atomic E-state index is 0.251. The summed E-state index contributed by atoms with van der Waals surface area (Å²) in [5.74, 6) is 0.598. The van der Waals surface area contributed by atoms with E-state index in [1.807, 2.05) is 6.92 Å². The summed E-state index contributed by atoms with van der Waals surface area (Å²) in [5.41, 5.74) is 0.580. The molecule has 1 rings (SSSR count). The predicted octanol–water partition coefficient (Wildman–Crippen LogP) is 2.23. The standard InChI is InChI=1S/C13H23NO2/c1-4-8-14(10-12-6-7-12)9-11(3)13(15)16-5-2/h12H,3-10H2,1-2H3. The van der Waals surface area contributed by atoms with Gasteiger partial charge in [0.25, 0.3) is 0 Å². The topological polar surface area (TPSA) is 29.5 Å². The molecule has 0 amide bonds. The Labute approximate surface area is 98.5 Å². The lowest BCUT2D eigenvalue weighted by molar-refractivity contribution is -0.138. The van der Waals surface area contributed by atoms with E-state index in [9.17, 15) is 4.79 Å². The molecule has 0 radical (unpaired) electrons. The molecule has 0 saturated heterocycles. The van der Waals surface area contributed by atoms with Crippen LogP contribution in [0.2, 0.25) is 0 Å². The maximum atomic E-state index is 11.4. The monoisotopic (exact) mass is 225 g/mol. The number of hydrogen-bond acceptors (Lipinski definition) is 3. The lowest BCUT2D eigenvalue weighted by Crippen LogP contribution is -2.31. The Morgan fingerprint density at radius 1 is 1.44 bits per heavy atom. The number of carbonyl (C=O) groups excluding carboxylic acids is 1. The summed E-state index contributed by atoms with van der Waals surface area (Å²) in [7, 11) is 0. The van der Waals surface area contributed by atoms with Crippen molar-refractivity contribution < 1.29 is 9.53 Å². The first-order chi connectivity index (χ1) is 7.67. The van der Waals surface area contributed by atoms with E-state index >= 15 is 0 Å². The average molecular weight is 225 g/mol. The average Bonchev–Trinajstić information content (AvgIpc) is 3.02. The van der Waals surface area contributed by atoms with Crippen LogP contribution in [-0.2, 0) is 9.53 Å². The number of rotatable bonds is 8. The van der Waals surface area contributed by atoms with Gasteiger partial charge in [-0.3, -0.25) is 4.90 Å². The molecule has 1 aliphatic carbocycles. The van der Waals surface area contributed by atoms with Gasteiger partial charge >= 0.3 is 5.97 Å². The molecule has 3 nitrogen and oxygen atoms in total. The maximum Gasteiger partial charge on any atom is 0.334 e. The van der Waals surface area contributed by atoms with E-state index in [4.69, 9.17) is 4.74 Å². The molecule has 0 unspecified atom stereocenters. The van der Waals surface area contributed by atoms with Crippen molar-refractivity contribution in [2.24, 2.45) is 5.92 Å². The predicted molar refractivity (Wildman–Crippen MR) is 65.2 cm³/mol. The van der Waals surface area contributed by atoms with E-state index in [0.29, 0.717) is 18.7 Å². The first-order valence-corrected chi connectivity index (χ1v) is 6.24. The summed E-state index contributed by atoms with van der Waals surface area (Å²) < 4.78 is 4.94. The molecule has 92 valence electrons. The van der Waals surface area contributed by atoms with Crippen molar-refractivity contribution in [3.05, 3.63) is 12.2 Å². The highest BCUT2D eigenvalue weighted by Gasteiger charge is 2.24. The summed E-state index contributed by atoms with van der Waals surface area (Å²) in [6, 6.07) is 0. The van der Waals surface area contributed by atoms with Gasteiger partial charge in [-0.25, -0.2) is 4.79 Å². The Hall–Kier alpha value is -0.830. The van der Waals surface area contributed by atoms with Crippen LogP contribution >= 0.6 is 0 Å². The second-order valence-corrected chi connectivity index (χ2v) is 4.50. The molecule has 0 aromatic rings. The largest absolute Gasteiger partial charge is 0.463 e. The molecule has 0 spiro atoms. The molecular weight excluding hydrogens is 202 g/mol. The van der Waals surface area contributed by atoms with E-state index in [2.05, 4.69) is 18.4 Å². The van der Waals surface area contributed by atoms with Crippen LogP contribution < -0.4 is 0 Å². The zero-order valence-electron chi connectivity index (χ0n) is 10.5. The first-order valence-electron chi connectivity index (χ1n) is 6.24. The molecule has 0 aliphatic heterocycles. The van der Waals surface area contributed by atoms with Crippen LogP contribution in [0.4, 0.5) is 0 Å². The van der Waals surface area contributed by atoms with Crippen LogP contribution in [-0.4, -0.2) is 37.1 Å². The Morgan fingerprint density at radius 2 is 2.12 bits per heavy atom. The Balaban J connectivity index is 2.33. The molecule has 0 aromatic heterocycles. The lowest BCUT2D eigenvalue weighted by Gasteiger charge is -2.21. The van der Waals surface area contributed by atoms with E-state index < -0.39 is 0 Å². The minimum atomic E-state index is -0.251. The summed E-state index contributed by atoms with van der Waals surface area (Å²) in [6.07, 6.45) is 3.79. The highest BCUT2D eigenvalue weighted by atomic mass is 16.5. The van der Waals surface area contributed by atoms with Crippen molar-refractivity contribution in [2.45, 2.75) is 33.1 Å². The van der Waals surface area contributed by atoms with E-state index in [-0.39, 0.29) is 5.97 Å². The highest BCUT2D eigenvalue weighted by Crippen LogP contribution is 2.29. The van der Waals surface area contributed by atoms with Gasteiger partial charge in [-0.1, -0.05) is 13.5 Å². The maximum absolute atomic E-state index is 11.4. The van der Waals surface area contributed by atoms with Crippen LogP contribution in [0.3, 0.4) is 0 Å². The number of esters is 1. The van der Waals surface area contributed by atoms with Crippen LogP contribution in [0.1, 0.15) is 33.1 Å². The van der Waals surface area contributed by atoms with Crippen molar-refractivity contribution in [2.75, 3.05) is 26.2 Å². The summed E-state index contributed by atoms with van der Waals surface area (Å²) in [4.78, 5) is 13.8. The zero-order chi connectivity index (χ0) is 12.0. The van der Waals surface area contributed by atoms with Crippen molar-refractivity contribution in [1.82, 2.24) is 4.90 Å². The third kappa shape index (κ3) is 4.79. The van der Waals surface area contributed by atoms with Crippen LogP contribution in [0.15, 0.2) is 12.2 Å². The second kappa shape index (κ2) is 6.69. The first kappa shape index (κ1) is 13.2. The molecule has 0 atom stereocenters. The molecule has 0 aromatic carbocycles. The van der Waals surface area contributed by atoms with Crippen molar-refractivity contribution >= 4 is 5.97 Å². The molecule has 1 aliphatic rings. The van der Waals surface area contributed by atoms with Crippen LogP contribution in [0.25, 0.3) is 0 Å². The van der Waals surface area contributed by atoms with Gasteiger partial charge in [0.05, 0.1) is 6.61 Å². The minimum Gasteiger partial charge on any atom is -0.463 e. The molecule has 3 heteroatoms. The molecule has 0 bridgehead atoms. The third-order valence-corrected chi connectivity index (χ3v) is 2.73. The van der Waals surface area contributed by atoms with Gasteiger partial charge in [-0.15, -0.1) is 0 Å². The number of carbonyl (C=O) groups is 1. The third-order valence-electron chi connectivity index (χ3n) is 2.73. The SMILES string of the molecule is C=C(CN(CCC)CC1CC1)C(=O)OCC. The van der Waals surface area contributed by atoms with Crippen molar-refractivity contribution in [1.29, 1.82) is 0 Å². The van der Waals surface area contributed by atoms with Gasteiger partial charge in [0, 0.05) is 18.7 Å². The normalized spacial score (nSPS) is 15.2. The van der Waals surface area contributed by atoms with Crippen LogP contribution in [0.5, 0.6) is 0 Å². The smallest absolute Gasteiger partial charge is 0.334 e. The fraction of sp³-hybridized carbons (Fsp3) is 0.769. The van der Waals surface area contributed by atoms with Crippen molar-refractivity contribution in [3.63, 3.8) is 0 Å². The summed E-state index contributed by atoms with van der Waals surface area (Å²) >= 11 is 0. The van der Waals surface area contributed by atoms with Gasteiger partial charge in [0.2, 0.25) is 0 Å². The van der Waals surface area contributed by atoms with Gasteiger partial charge in [-0.2, -0.15) is 0 Å². The Bertz CT molecular complexity index is 246. The van der Waals surface area contributed by atoms with Gasteiger partial charge < -0.3 is 4.74 Å². The highest BCUT2D eigenvalue weighted by molar-refractivity contribution is 5.88. The Morgan fingerprint density at radius 3 is 2.62 bits per heavy atom. The quantitative estimate of drug-likeness (QED) is 0.468. The Kier molecular flexibility index (Phi) is 5.53. The zero-order valence-corrected chi connectivity index (χ0v) is 10.5. The fourth-order valence-corrected chi connectivity index (χ4v) is 1.78. The molecule has 1 fully saturated rings. The molecule has 16 heavy (non-hydrogen) atoms. The second-order valence-electron chi connectivity index (χ2n) is 4.50. The molecule has 0 heterocycles. The van der Waals surface area contributed by atoms with Crippen LogP contribution in [0, 0.1) is 5.92 Å². The fourth-order valence-electron chi connectivity index (χ4n) is 1.78. The van der Waals surface area contributed by atoms with E-state index in [1.165, 1.54) is 12.8 Å². The molecule has 0 N–H and O–H groups in total. The number of nitrogens with zero attached hydrogens (tertiary/aromatic N) is 1. The van der Waals surface area contributed by atoms with Gasteiger partial charge in [-0.05, 0) is 38.6 Å². The summed E-state index contributed by atoms with van der Waals surface area (Å²) in [6.45, 7) is 11.0. The van der Waals surface area contributed by atoms with E-state index in [1.54, 1.807) is 0 Å². The lowest BCUT2D eigenvalue weighted by atomic mass is 10.2. The van der Waals surface area contributed by atoms with E-state index in [0.717, 1.165) is 25.4 Å². The molecular formula is C13H23NO2. The van der Waals surface area contributed by atoms with Gasteiger partial charge in [0.15, 0.2) is 0 Å². The molecule has 1 saturated carbocycles. The van der Waals surface area contributed by atoms with Crippen molar-refractivity contribution in [3.8, 4) is 0 Å². The number of ether oxygens (including phenoxy) is 1. The van der Waals surface area contributed by atoms with Gasteiger partial charge in [0.1, 0.15) is 0 Å². The number of hydrogen-bond donors (Lipinski definition) is 0.